The Morgan fingerprint density at radius 3 is 2.82 bits per heavy atom. The van der Waals surface area contributed by atoms with E-state index in [0.717, 1.165) is 10.0 Å². The van der Waals surface area contributed by atoms with E-state index in [9.17, 15) is 4.79 Å². The fraction of sp³-hybridized carbons (Fsp3) is 0.0909. The molecule has 1 heterocycles. The lowest BCUT2D eigenvalue weighted by Gasteiger charge is -2.00. The molecule has 0 amide bonds. The standard InChI is InChI=1S/C11H10BrN3O2/c12-8-4-2-1-3-7(8)9-5-10(13)15(14-9)6-11(16)17/h1-5H,6,13H2,(H,16,17). The van der Waals surface area contributed by atoms with Gasteiger partial charge in [-0.2, -0.15) is 5.10 Å². The number of carbonyl (C=O) groups is 1. The highest BCUT2D eigenvalue weighted by Crippen LogP contribution is 2.27. The molecule has 6 heteroatoms. The summed E-state index contributed by atoms with van der Waals surface area (Å²) in [6.07, 6.45) is 0. The summed E-state index contributed by atoms with van der Waals surface area (Å²) >= 11 is 3.41. The van der Waals surface area contributed by atoms with E-state index in [1.807, 2.05) is 24.3 Å². The summed E-state index contributed by atoms with van der Waals surface area (Å²) in [5.74, 6) is -0.642. The number of aromatic nitrogens is 2. The van der Waals surface area contributed by atoms with Crippen LogP contribution in [0.25, 0.3) is 11.3 Å². The predicted molar refractivity (Wildman–Crippen MR) is 67.4 cm³/mol. The van der Waals surface area contributed by atoms with Gasteiger partial charge in [0, 0.05) is 16.1 Å². The lowest BCUT2D eigenvalue weighted by Crippen LogP contribution is -2.12. The van der Waals surface area contributed by atoms with Crippen LogP contribution in [0, 0.1) is 0 Å². The number of nitrogens with two attached hydrogens (primary N) is 1. The molecular formula is C11H10BrN3O2. The quantitative estimate of drug-likeness (QED) is 0.907. The first-order valence-corrected chi connectivity index (χ1v) is 5.67. The predicted octanol–water partition coefficient (Wildman–Crippen LogP) is 1.98. The summed E-state index contributed by atoms with van der Waals surface area (Å²) in [4.78, 5) is 10.6. The molecule has 3 N–H and O–H groups in total. The highest BCUT2D eigenvalue weighted by molar-refractivity contribution is 9.10. The molecule has 2 aromatic rings. The van der Waals surface area contributed by atoms with Gasteiger partial charge in [0.05, 0.1) is 5.69 Å². The number of benzene rings is 1. The Morgan fingerprint density at radius 2 is 2.18 bits per heavy atom. The fourth-order valence-corrected chi connectivity index (χ4v) is 1.97. The van der Waals surface area contributed by atoms with Crippen LogP contribution in [0.15, 0.2) is 34.8 Å². The zero-order chi connectivity index (χ0) is 12.4. The molecule has 5 nitrogen and oxygen atoms in total. The second-order valence-corrected chi connectivity index (χ2v) is 4.34. The molecule has 0 aliphatic carbocycles. The van der Waals surface area contributed by atoms with Crippen molar-refractivity contribution >= 4 is 27.7 Å². The van der Waals surface area contributed by atoms with Crippen molar-refractivity contribution in [1.82, 2.24) is 9.78 Å². The van der Waals surface area contributed by atoms with Gasteiger partial charge in [-0.1, -0.05) is 34.1 Å². The van der Waals surface area contributed by atoms with Gasteiger partial charge in [-0.15, -0.1) is 0 Å². The van der Waals surface area contributed by atoms with E-state index in [-0.39, 0.29) is 6.54 Å². The zero-order valence-electron chi connectivity index (χ0n) is 8.80. The molecule has 88 valence electrons. The molecule has 0 aliphatic rings. The Balaban J connectivity index is 2.41. The van der Waals surface area contributed by atoms with Gasteiger partial charge in [0.1, 0.15) is 12.4 Å². The first-order valence-electron chi connectivity index (χ1n) is 4.88. The number of carboxylic acid groups (broad SMARTS) is 1. The van der Waals surface area contributed by atoms with Gasteiger partial charge >= 0.3 is 5.97 Å². The van der Waals surface area contributed by atoms with Crippen LogP contribution in [0.2, 0.25) is 0 Å². The molecule has 0 saturated carbocycles. The normalized spacial score (nSPS) is 10.4. The van der Waals surface area contributed by atoms with Gasteiger partial charge < -0.3 is 10.8 Å². The number of halogens is 1. The number of anilines is 1. The molecule has 0 unspecified atom stereocenters. The van der Waals surface area contributed by atoms with Crippen molar-refractivity contribution in [3.63, 3.8) is 0 Å². The van der Waals surface area contributed by atoms with E-state index in [2.05, 4.69) is 21.0 Å². The van der Waals surface area contributed by atoms with Gasteiger partial charge in [-0.05, 0) is 6.07 Å². The van der Waals surface area contributed by atoms with Crippen LogP contribution < -0.4 is 5.73 Å². The van der Waals surface area contributed by atoms with Crippen molar-refractivity contribution in [3.8, 4) is 11.3 Å². The summed E-state index contributed by atoms with van der Waals surface area (Å²) in [5, 5.41) is 12.9. The minimum absolute atomic E-state index is 0.240. The van der Waals surface area contributed by atoms with Crippen LogP contribution in [0.3, 0.4) is 0 Å². The molecule has 17 heavy (non-hydrogen) atoms. The van der Waals surface area contributed by atoms with Crippen LogP contribution in [0.1, 0.15) is 0 Å². The molecule has 2 rings (SSSR count). The molecule has 0 radical (unpaired) electrons. The van der Waals surface area contributed by atoms with E-state index in [1.54, 1.807) is 6.07 Å². The number of hydrogen-bond donors (Lipinski definition) is 2. The van der Waals surface area contributed by atoms with Crippen LogP contribution in [-0.4, -0.2) is 20.9 Å². The van der Waals surface area contributed by atoms with E-state index in [0.29, 0.717) is 11.5 Å². The van der Waals surface area contributed by atoms with Crippen LogP contribution in [-0.2, 0) is 11.3 Å². The number of aliphatic carboxylic acids is 1. The number of nitrogen functional groups attached to an aromatic ring is 1. The number of nitrogens with zero attached hydrogens (tertiary/aromatic N) is 2. The molecule has 0 aliphatic heterocycles. The van der Waals surface area contributed by atoms with Crippen molar-refractivity contribution in [2.45, 2.75) is 6.54 Å². The van der Waals surface area contributed by atoms with Gasteiger partial charge in [0.25, 0.3) is 0 Å². The van der Waals surface area contributed by atoms with Crippen LogP contribution >= 0.6 is 15.9 Å². The Morgan fingerprint density at radius 1 is 1.47 bits per heavy atom. The number of carboxylic acids is 1. The minimum Gasteiger partial charge on any atom is -0.480 e. The summed E-state index contributed by atoms with van der Waals surface area (Å²) in [6.45, 7) is -0.240. The molecular weight excluding hydrogens is 286 g/mol. The lowest BCUT2D eigenvalue weighted by molar-refractivity contribution is -0.137. The van der Waals surface area contributed by atoms with Crippen molar-refractivity contribution in [1.29, 1.82) is 0 Å². The van der Waals surface area contributed by atoms with E-state index >= 15 is 0 Å². The number of rotatable bonds is 3. The minimum atomic E-state index is -0.974. The molecule has 0 fully saturated rings. The third-order valence-corrected chi connectivity index (χ3v) is 2.94. The number of hydrogen-bond acceptors (Lipinski definition) is 3. The van der Waals surface area contributed by atoms with Gasteiger partial charge in [0.15, 0.2) is 0 Å². The largest absolute Gasteiger partial charge is 0.480 e. The van der Waals surface area contributed by atoms with Crippen molar-refractivity contribution < 1.29 is 9.90 Å². The summed E-state index contributed by atoms with van der Waals surface area (Å²) in [6, 6.07) is 9.21. The van der Waals surface area contributed by atoms with E-state index in [1.165, 1.54) is 4.68 Å². The maximum absolute atomic E-state index is 10.6. The molecule has 0 bridgehead atoms. The zero-order valence-corrected chi connectivity index (χ0v) is 10.4. The third kappa shape index (κ3) is 2.47. The van der Waals surface area contributed by atoms with Crippen LogP contribution in [0.4, 0.5) is 5.82 Å². The average molecular weight is 296 g/mol. The summed E-state index contributed by atoms with van der Waals surface area (Å²) < 4.78 is 2.15. The highest BCUT2D eigenvalue weighted by Gasteiger charge is 2.11. The maximum Gasteiger partial charge on any atom is 0.325 e. The summed E-state index contributed by atoms with van der Waals surface area (Å²) in [7, 11) is 0. The summed E-state index contributed by atoms with van der Waals surface area (Å²) in [5.41, 5.74) is 7.23. The second-order valence-electron chi connectivity index (χ2n) is 3.49. The topological polar surface area (TPSA) is 81.1 Å². The van der Waals surface area contributed by atoms with E-state index < -0.39 is 5.97 Å². The molecule has 0 saturated heterocycles. The van der Waals surface area contributed by atoms with Crippen molar-refractivity contribution in [3.05, 3.63) is 34.8 Å². The Bertz CT molecular complexity index is 566. The molecule has 1 aromatic heterocycles. The SMILES string of the molecule is Nc1cc(-c2ccccc2Br)nn1CC(=O)O. The fourth-order valence-electron chi connectivity index (χ4n) is 1.49. The third-order valence-electron chi connectivity index (χ3n) is 2.25. The van der Waals surface area contributed by atoms with Gasteiger partial charge in [-0.3, -0.25) is 4.79 Å². The smallest absolute Gasteiger partial charge is 0.325 e. The Labute approximate surface area is 106 Å². The second kappa shape index (κ2) is 4.58. The average Bonchev–Trinajstić information content (AvgIpc) is 2.60. The first kappa shape index (κ1) is 11.7. The van der Waals surface area contributed by atoms with Crippen molar-refractivity contribution in [2.24, 2.45) is 0 Å². The Hall–Kier alpha value is -1.82. The maximum atomic E-state index is 10.6. The highest BCUT2D eigenvalue weighted by atomic mass is 79.9. The van der Waals surface area contributed by atoms with Crippen LogP contribution in [0.5, 0.6) is 0 Å². The molecule has 0 atom stereocenters. The molecule has 1 aromatic carbocycles. The van der Waals surface area contributed by atoms with Crippen molar-refractivity contribution in [2.75, 3.05) is 5.73 Å². The monoisotopic (exact) mass is 295 g/mol. The van der Waals surface area contributed by atoms with Gasteiger partial charge in [0.2, 0.25) is 0 Å². The first-order chi connectivity index (χ1) is 8.08. The lowest BCUT2D eigenvalue weighted by atomic mass is 10.1. The Kier molecular flexibility index (Phi) is 3.14. The van der Waals surface area contributed by atoms with E-state index in [4.69, 9.17) is 10.8 Å². The van der Waals surface area contributed by atoms with Gasteiger partial charge in [-0.25, -0.2) is 4.68 Å². The molecule has 0 spiro atoms.